The summed E-state index contributed by atoms with van der Waals surface area (Å²) in [6.45, 7) is 12.3. The topological polar surface area (TPSA) is 21.3 Å². The zero-order valence-electron chi connectivity index (χ0n) is 10.9. The molecule has 0 spiro atoms. The molecule has 1 saturated heterocycles. The van der Waals surface area contributed by atoms with Crippen molar-refractivity contribution in [2.45, 2.75) is 65.6 Å². The average molecular weight is 213 g/mol. The monoisotopic (exact) mass is 213 g/mol. The zero-order chi connectivity index (χ0) is 11.4. The van der Waals surface area contributed by atoms with Gasteiger partial charge in [0.25, 0.3) is 0 Å². The van der Waals surface area contributed by atoms with Crippen molar-refractivity contribution in [3.63, 3.8) is 0 Å². The second-order valence-electron chi connectivity index (χ2n) is 5.66. The molecule has 0 radical (unpaired) electrons. The van der Waals surface area contributed by atoms with Crippen molar-refractivity contribution < 1.29 is 4.74 Å². The lowest BCUT2D eigenvalue weighted by atomic mass is 9.92. The van der Waals surface area contributed by atoms with E-state index in [0.717, 1.165) is 13.0 Å². The van der Waals surface area contributed by atoms with E-state index in [2.05, 4.69) is 39.9 Å². The Hall–Kier alpha value is -0.0800. The van der Waals surface area contributed by atoms with E-state index in [1.165, 1.54) is 6.42 Å². The highest BCUT2D eigenvalue weighted by atomic mass is 16.5. The molecule has 2 nitrogen and oxygen atoms in total. The van der Waals surface area contributed by atoms with Gasteiger partial charge >= 0.3 is 0 Å². The molecule has 3 atom stereocenters. The molecule has 1 N–H and O–H groups in total. The van der Waals surface area contributed by atoms with Gasteiger partial charge in [-0.15, -0.1) is 0 Å². The van der Waals surface area contributed by atoms with Gasteiger partial charge in [0.05, 0.1) is 6.10 Å². The van der Waals surface area contributed by atoms with Crippen molar-refractivity contribution in [1.29, 1.82) is 0 Å². The van der Waals surface area contributed by atoms with Gasteiger partial charge in [-0.05, 0) is 31.6 Å². The van der Waals surface area contributed by atoms with Crippen LogP contribution in [0, 0.1) is 11.8 Å². The van der Waals surface area contributed by atoms with Gasteiger partial charge in [0.15, 0.2) is 0 Å². The molecule has 3 unspecified atom stereocenters. The van der Waals surface area contributed by atoms with Crippen LogP contribution in [-0.4, -0.2) is 24.8 Å². The fourth-order valence-corrected chi connectivity index (χ4v) is 2.32. The summed E-state index contributed by atoms with van der Waals surface area (Å²) in [5.41, 5.74) is 0. The summed E-state index contributed by atoms with van der Waals surface area (Å²) in [4.78, 5) is 0. The third-order valence-electron chi connectivity index (χ3n) is 3.18. The highest BCUT2D eigenvalue weighted by Crippen LogP contribution is 2.21. The Bertz CT molecular complexity index is 179. The molecule has 1 aliphatic rings. The van der Waals surface area contributed by atoms with Crippen molar-refractivity contribution >= 4 is 0 Å². The Morgan fingerprint density at radius 2 is 1.93 bits per heavy atom. The van der Waals surface area contributed by atoms with E-state index in [0.29, 0.717) is 30.0 Å². The summed E-state index contributed by atoms with van der Waals surface area (Å²) in [7, 11) is 0. The van der Waals surface area contributed by atoms with Gasteiger partial charge in [0.2, 0.25) is 0 Å². The number of rotatable bonds is 3. The minimum absolute atomic E-state index is 0.398. The first-order valence-electron chi connectivity index (χ1n) is 6.38. The Labute approximate surface area is 94.8 Å². The summed E-state index contributed by atoms with van der Waals surface area (Å²) in [6, 6.07) is 1.11. The Morgan fingerprint density at radius 1 is 1.27 bits per heavy atom. The lowest BCUT2D eigenvalue weighted by Gasteiger charge is -2.31. The first-order valence-corrected chi connectivity index (χ1v) is 6.38. The van der Waals surface area contributed by atoms with E-state index >= 15 is 0 Å². The maximum Gasteiger partial charge on any atom is 0.0733 e. The van der Waals surface area contributed by atoms with Crippen LogP contribution in [0.5, 0.6) is 0 Å². The van der Waals surface area contributed by atoms with Crippen LogP contribution < -0.4 is 5.32 Å². The van der Waals surface area contributed by atoms with E-state index in [1.54, 1.807) is 0 Å². The van der Waals surface area contributed by atoms with Gasteiger partial charge < -0.3 is 10.1 Å². The molecule has 15 heavy (non-hydrogen) atoms. The summed E-state index contributed by atoms with van der Waals surface area (Å²) in [6.07, 6.45) is 2.70. The third-order valence-corrected chi connectivity index (χ3v) is 3.18. The van der Waals surface area contributed by atoms with Gasteiger partial charge in [0, 0.05) is 18.7 Å². The fraction of sp³-hybridized carbons (Fsp3) is 1.00. The lowest BCUT2D eigenvalue weighted by Crippen LogP contribution is -2.46. The van der Waals surface area contributed by atoms with Crippen LogP contribution in [-0.2, 0) is 4.74 Å². The van der Waals surface area contributed by atoms with Crippen LogP contribution >= 0.6 is 0 Å². The van der Waals surface area contributed by atoms with E-state index in [9.17, 15) is 0 Å². The molecule has 1 heterocycles. The Kier molecular flexibility index (Phi) is 5.07. The molecular weight excluding hydrogens is 186 g/mol. The van der Waals surface area contributed by atoms with E-state index in [4.69, 9.17) is 4.74 Å². The smallest absolute Gasteiger partial charge is 0.0733 e. The van der Waals surface area contributed by atoms with E-state index in [-0.39, 0.29) is 0 Å². The lowest BCUT2D eigenvalue weighted by molar-refractivity contribution is 0.0181. The first-order chi connectivity index (χ1) is 7.00. The molecule has 0 aliphatic carbocycles. The van der Waals surface area contributed by atoms with Crippen LogP contribution in [0.3, 0.4) is 0 Å². The molecule has 1 aliphatic heterocycles. The quantitative estimate of drug-likeness (QED) is 0.778. The highest BCUT2D eigenvalue weighted by Gasteiger charge is 2.29. The maximum atomic E-state index is 6.00. The molecule has 0 bridgehead atoms. The molecule has 1 fully saturated rings. The summed E-state index contributed by atoms with van der Waals surface area (Å²) < 4.78 is 6.00. The van der Waals surface area contributed by atoms with E-state index in [1.807, 2.05) is 0 Å². The second-order valence-corrected chi connectivity index (χ2v) is 5.66. The second kappa shape index (κ2) is 5.86. The molecule has 0 aromatic carbocycles. The molecular formula is C13H27NO. The molecule has 0 amide bonds. The predicted octanol–water partition coefficient (Wildman–Crippen LogP) is 2.82. The minimum Gasteiger partial charge on any atom is -0.377 e. The van der Waals surface area contributed by atoms with Gasteiger partial charge in [-0.1, -0.05) is 27.7 Å². The predicted molar refractivity (Wildman–Crippen MR) is 65.0 cm³/mol. The fourth-order valence-electron chi connectivity index (χ4n) is 2.32. The molecule has 1 rings (SSSR count). The van der Waals surface area contributed by atoms with Crippen molar-refractivity contribution in [3.8, 4) is 0 Å². The average Bonchev–Trinajstić information content (AvgIpc) is 2.27. The Balaban J connectivity index is 2.62. The highest BCUT2D eigenvalue weighted by molar-refractivity contribution is 4.85. The summed E-state index contributed by atoms with van der Waals surface area (Å²) in [5.74, 6) is 1.36. The number of ether oxygens (including phenoxy) is 1. The number of hydrogen-bond donors (Lipinski definition) is 1. The van der Waals surface area contributed by atoms with Crippen molar-refractivity contribution in [3.05, 3.63) is 0 Å². The minimum atomic E-state index is 0.398. The normalized spacial score (nSPS) is 33.4. The summed E-state index contributed by atoms with van der Waals surface area (Å²) in [5, 5.41) is 3.71. The van der Waals surface area contributed by atoms with Crippen molar-refractivity contribution in [2.75, 3.05) is 6.61 Å². The standard InChI is InChI=1S/C13H27NO/c1-9(2)8-12-13(10(3)4)14-11(5)6-7-15-12/h9-14H,6-8H2,1-5H3. The largest absolute Gasteiger partial charge is 0.377 e. The third kappa shape index (κ3) is 4.12. The Morgan fingerprint density at radius 3 is 2.47 bits per heavy atom. The van der Waals surface area contributed by atoms with E-state index < -0.39 is 0 Å². The molecule has 0 saturated carbocycles. The SMILES string of the molecule is CC(C)CC1OCCC(C)NC1C(C)C. The number of hydrogen-bond acceptors (Lipinski definition) is 2. The van der Waals surface area contributed by atoms with Crippen LogP contribution in [0.25, 0.3) is 0 Å². The maximum absolute atomic E-state index is 6.00. The van der Waals surface area contributed by atoms with Gasteiger partial charge in [-0.3, -0.25) is 0 Å². The van der Waals surface area contributed by atoms with Crippen molar-refractivity contribution in [2.24, 2.45) is 11.8 Å². The van der Waals surface area contributed by atoms with Gasteiger partial charge in [-0.25, -0.2) is 0 Å². The summed E-state index contributed by atoms with van der Waals surface area (Å²) >= 11 is 0. The zero-order valence-corrected chi connectivity index (χ0v) is 10.9. The van der Waals surface area contributed by atoms with Gasteiger partial charge in [-0.2, -0.15) is 0 Å². The molecule has 2 heteroatoms. The molecule has 90 valence electrons. The molecule has 0 aromatic heterocycles. The van der Waals surface area contributed by atoms with Crippen LogP contribution in [0.15, 0.2) is 0 Å². The van der Waals surface area contributed by atoms with Crippen LogP contribution in [0.4, 0.5) is 0 Å². The van der Waals surface area contributed by atoms with Crippen LogP contribution in [0.1, 0.15) is 47.5 Å². The van der Waals surface area contributed by atoms with Crippen molar-refractivity contribution in [1.82, 2.24) is 5.32 Å². The number of nitrogens with one attached hydrogen (secondary N) is 1. The molecule has 0 aromatic rings. The first kappa shape index (κ1) is 13.0. The van der Waals surface area contributed by atoms with Gasteiger partial charge in [0.1, 0.15) is 0 Å². The van der Waals surface area contributed by atoms with Crippen LogP contribution in [0.2, 0.25) is 0 Å².